The lowest BCUT2D eigenvalue weighted by molar-refractivity contribution is 0.162. The van der Waals surface area contributed by atoms with Crippen molar-refractivity contribution in [3.05, 3.63) is 35.4 Å². The highest BCUT2D eigenvalue weighted by atomic mass is 16.5. The predicted octanol–water partition coefficient (Wildman–Crippen LogP) is 3.38. The lowest BCUT2D eigenvalue weighted by atomic mass is 9.89. The Morgan fingerprint density at radius 3 is 2.14 bits per heavy atom. The van der Waals surface area contributed by atoms with Gasteiger partial charge in [0.05, 0.1) is 6.61 Å². The van der Waals surface area contributed by atoms with E-state index < -0.39 is 0 Å². The minimum absolute atomic E-state index is 0.514. The van der Waals surface area contributed by atoms with Crippen LogP contribution < -0.4 is 0 Å². The van der Waals surface area contributed by atoms with E-state index in [0.29, 0.717) is 11.8 Å². The summed E-state index contributed by atoms with van der Waals surface area (Å²) in [6, 6.07) is 8.75. The van der Waals surface area contributed by atoms with E-state index in [1.54, 1.807) is 7.11 Å². The van der Waals surface area contributed by atoms with Gasteiger partial charge in [-0.15, -0.1) is 0 Å². The molecule has 1 aromatic rings. The second-order valence-corrected chi connectivity index (χ2v) is 4.22. The summed E-state index contributed by atoms with van der Waals surface area (Å²) in [6.45, 7) is 7.40. The standard InChI is InChI=1S/C13H20O/c1-10(2)13(9-14-4)12-7-5-11(3)6-8-12/h5-8,10,13H,9H2,1-4H3/t13-/m1/s1. The maximum atomic E-state index is 5.25. The van der Waals surface area contributed by atoms with E-state index in [4.69, 9.17) is 4.74 Å². The Morgan fingerprint density at radius 2 is 1.71 bits per heavy atom. The van der Waals surface area contributed by atoms with Gasteiger partial charge in [0.15, 0.2) is 0 Å². The molecule has 0 aliphatic rings. The van der Waals surface area contributed by atoms with Gasteiger partial charge < -0.3 is 4.74 Å². The highest BCUT2D eigenvalue weighted by Gasteiger charge is 2.14. The summed E-state index contributed by atoms with van der Waals surface area (Å²) >= 11 is 0. The summed E-state index contributed by atoms with van der Waals surface area (Å²) in [4.78, 5) is 0. The van der Waals surface area contributed by atoms with Crippen molar-refractivity contribution in [2.24, 2.45) is 5.92 Å². The van der Waals surface area contributed by atoms with Gasteiger partial charge >= 0.3 is 0 Å². The fourth-order valence-corrected chi connectivity index (χ4v) is 1.67. The molecule has 78 valence electrons. The first-order valence-electron chi connectivity index (χ1n) is 5.20. The monoisotopic (exact) mass is 192 g/mol. The average Bonchev–Trinajstić information content (AvgIpc) is 2.15. The minimum atomic E-state index is 0.514. The van der Waals surface area contributed by atoms with Crippen LogP contribution >= 0.6 is 0 Å². The van der Waals surface area contributed by atoms with E-state index in [0.717, 1.165) is 6.61 Å². The topological polar surface area (TPSA) is 9.23 Å². The molecule has 0 aromatic heterocycles. The van der Waals surface area contributed by atoms with E-state index in [9.17, 15) is 0 Å². The van der Waals surface area contributed by atoms with Crippen molar-refractivity contribution in [2.75, 3.05) is 13.7 Å². The van der Waals surface area contributed by atoms with Crippen LogP contribution in [0.15, 0.2) is 24.3 Å². The molecule has 0 amide bonds. The fourth-order valence-electron chi connectivity index (χ4n) is 1.67. The van der Waals surface area contributed by atoms with Crippen LogP contribution in [0.5, 0.6) is 0 Å². The van der Waals surface area contributed by atoms with Crippen LogP contribution in [-0.2, 0) is 4.74 Å². The summed E-state index contributed by atoms with van der Waals surface area (Å²) in [5.74, 6) is 1.14. The van der Waals surface area contributed by atoms with Crippen LogP contribution in [-0.4, -0.2) is 13.7 Å². The molecule has 0 saturated carbocycles. The average molecular weight is 192 g/mol. The Kier molecular flexibility index (Phi) is 4.15. The Labute approximate surface area is 87.1 Å². The normalized spacial score (nSPS) is 13.2. The number of rotatable bonds is 4. The number of methoxy groups -OCH3 is 1. The second kappa shape index (κ2) is 5.16. The maximum Gasteiger partial charge on any atom is 0.0533 e. The van der Waals surface area contributed by atoms with Gasteiger partial charge in [0, 0.05) is 13.0 Å². The summed E-state index contributed by atoms with van der Waals surface area (Å²) < 4.78 is 5.25. The van der Waals surface area contributed by atoms with Crippen LogP contribution in [0.2, 0.25) is 0 Å². The van der Waals surface area contributed by atoms with Crippen molar-refractivity contribution in [3.8, 4) is 0 Å². The lowest BCUT2D eigenvalue weighted by Gasteiger charge is -2.20. The second-order valence-electron chi connectivity index (χ2n) is 4.22. The Morgan fingerprint density at radius 1 is 1.14 bits per heavy atom. The van der Waals surface area contributed by atoms with E-state index in [-0.39, 0.29) is 0 Å². The Balaban J connectivity index is 2.82. The molecule has 0 fully saturated rings. The first kappa shape index (κ1) is 11.3. The first-order chi connectivity index (χ1) is 6.65. The molecule has 1 atom stereocenters. The van der Waals surface area contributed by atoms with Gasteiger partial charge in [-0.3, -0.25) is 0 Å². The van der Waals surface area contributed by atoms with Crippen molar-refractivity contribution in [3.63, 3.8) is 0 Å². The molecule has 1 rings (SSSR count). The molecule has 1 heteroatoms. The molecule has 1 nitrogen and oxygen atoms in total. The third-order valence-corrected chi connectivity index (χ3v) is 2.66. The maximum absolute atomic E-state index is 5.25. The van der Waals surface area contributed by atoms with Crippen LogP contribution in [0, 0.1) is 12.8 Å². The van der Waals surface area contributed by atoms with E-state index in [2.05, 4.69) is 45.0 Å². The molecular formula is C13H20O. The van der Waals surface area contributed by atoms with Gasteiger partial charge in [-0.1, -0.05) is 43.7 Å². The molecule has 0 spiro atoms. The van der Waals surface area contributed by atoms with E-state index in [1.165, 1.54) is 11.1 Å². The zero-order valence-corrected chi connectivity index (χ0v) is 9.58. The first-order valence-corrected chi connectivity index (χ1v) is 5.20. The SMILES string of the molecule is COC[C@@H](c1ccc(C)cc1)C(C)C. The Hall–Kier alpha value is -0.820. The third kappa shape index (κ3) is 2.85. The lowest BCUT2D eigenvalue weighted by Crippen LogP contribution is -2.12. The van der Waals surface area contributed by atoms with E-state index >= 15 is 0 Å². The number of ether oxygens (including phenoxy) is 1. The van der Waals surface area contributed by atoms with Crippen molar-refractivity contribution >= 4 is 0 Å². The summed E-state index contributed by atoms with van der Waals surface area (Å²) in [7, 11) is 1.77. The van der Waals surface area contributed by atoms with Crippen molar-refractivity contribution in [2.45, 2.75) is 26.7 Å². The smallest absolute Gasteiger partial charge is 0.0533 e. The molecule has 0 saturated heterocycles. The number of aryl methyl sites for hydroxylation is 1. The predicted molar refractivity (Wildman–Crippen MR) is 60.6 cm³/mol. The number of benzene rings is 1. The van der Waals surface area contributed by atoms with Crippen LogP contribution in [0.25, 0.3) is 0 Å². The highest BCUT2D eigenvalue weighted by Crippen LogP contribution is 2.24. The zero-order valence-electron chi connectivity index (χ0n) is 9.58. The quantitative estimate of drug-likeness (QED) is 0.710. The molecule has 0 heterocycles. The molecule has 0 radical (unpaired) electrons. The molecule has 0 aliphatic carbocycles. The highest BCUT2D eigenvalue weighted by molar-refractivity contribution is 5.24. The van der Waals surface area contributed by atoms with Gasteiger partial charge in [-0.25, -0.2) is 0 Å². The molecule has 1 aromatic carbocycles. The summed E-state index contributed by atoms with van der Waals surface area (Å²) in [5.41, 5.74) is 2.70. The number of hydrogen-bond donors (Lipinski definition) is 0. The molecular weight excluding hydrogens is 172 g/mol. The third-order valence-electron chi connectivity index (χ3n) is 2.66. The fraction of sp³-hybridized carbons (Fsp3) is 0.538. The van der Waals surface area contributed by atoms with Crippen LogP contribution in [0.1, 0.15) is 30.9 Å². The largest absolute Gasteiger partial charge is 0.384 e. The van der Waals surface area contributed by atoms with Gasteiger partial charge in [0.2, 0.25) is 0 Å². The molecule has 0 N–H and O–H groups in total. The summed E-state index contributed by atoms with van der Waals surface area (Å²) in [6.07, 6.45) is 0. The van der Waals surface area contributed by atoms with Crippen LogP contribution in [0.4, 0.5) is 0 Å². The number of hydrogen-bond acceptors (Lipinski definition) is 1. The minimum Gasteiger partial charge on any atom is -0.384 e. The van der Waals surface area contributed by atoms with Crippen LogP contribution in [0.3, 0.4) is 0 Å². The van der Waals surface area contributed by atoms with E-state index in [1.807, 2.05) is 0 Å². The van der Waals surface area contributed by atoms with Gasteiger partial charge in [-0.2, -0.15) is 0 Å². The van der Waals surface area contributed by atoms with Gasteiger partial charge in [-0.05, 0) is 18.4 Å². The molecule has 0 unspecified atom stereocenters. The molecule has 0 bridgehead atoms. The van der Waals surface area contributed by atoms with Crippen molar-refractivity contribution < 1.29 is 4.74 Å². The van der Waals surface area contributed by atoms with Gasteiger partial charge in [0.1, 0.15) is 0 Å². The molecule has 0 aliphatic heterocycles. The molecule has 14 heavy (non-hydrogen) atoms. The summed E-state index contributed by atoms with van der Waals surface area (Å²) in [5, 5.41) is 0. The van der Waals surface area contributed by atoms with Crippen molar-refractivity contribution in [1.29, 1.82) is 0 Å². The van der Waals surface area contributed by atoms with Gasteiger partial charge in [0.25, 0.3) is 0 Å². The van der Waals surface area contributed by atoms with Crippen molar-refractivity contribution in [1.82, 2.24) is 0 Å². The zero-order chi connectivity index (χ0) is 10.6. The Bertz CT molecular complexity index is 261.